The molecule has 0 saturated carbocycles. The first-order valence-electron chi connectivity index (χ1n) is 11.4. The van der Waals surface area contributed by atoms with E-state index < -0.39 is 0 Å². The van der Waals surface area contributed by atoms with Crippen LogP contribution < -0.4 is 10.9 Å². The number of hydrogen-bond acceptors (Lipinski definition) is 4. The predicted octanol–water partition coefficient (Wildman–Crippen LogP) is 7.44. The molecule has 0 aliphatic rings. The van der Waals surface area contributed by atoms with Crippen LogP contribution in [0.15, 0.2) is 76.7 Å². The van der Waals surface area contributed by atoms with Gasteiger partial charge in [0.2, 0.25) is 0 Å². The van der Waals surface area contributed by atoms with Gasteiger partial charge < -0.3 is 5.32 Å². The summed E-state index contributed by atoms with van der Waals surface area (Å²) >= 11 is 13.6. The summed E-state index contributed by atoms with van der Waals surface area (Å²) in [6.45, 7) is 2.73. The van der Waals surface area contributed by atoms with Crippen LogP contribution in [0.2, 0.25) is 10.0 Å². The van der Waals surface area contributed by atoms with Crippen LogP contribution in [0.3, 0.4) is 0 Å². The number of amides is 1. The minimum Gasteiger partial charge on any atom is -0.322 e. The number of fused-ring (bicyclic) bond motifs is 1. The number of nitrogens with zero attached hydrogens (tertiary/aromatic N) is 2. The van der Waals surface area contributed by atoms with Gasteiger partial charge in [0.25, 0.3) is 11.5 Å². The molecular formula is C27H25Cl2N3O2S. The minimum atomic E-state index is -0.295. The highest BCUT2D eigenvalue weighted by atomic mass is 35.5. The molecule has 0 bridgehead atoms. The van der Waals surface area contributed by atoms with Crippen LogP contribution in [0, 0.1) is 0 Å². The number of carbonyl (C=O) groups excluding carboxylic acids is 1. The maximum atomic E-state index is 13.4. The monoisotopic (exact) mass is 525 g/mol. The first-order chi connectivity index (χ1) is 16.9. The van der Waals surface area contributed by atoms with Gasteiger partial charge in [0.15, 0.2) is 5.16 Å². The van der Waals surface area contributed by atoms with Crippen molar-refractivity contribution >= 4 is 57.5 Å². The van der Waals surface area contributed by atoms with Crippen LogP contribution in [0.5, 0.6) is 0 Å². The molecule has 0 fully saturated rings. The smallest absolute Gasteiger partial charge is 0.262 e. The molecule has 3 aromatic carbocycles. The Morgan fingerprint density at radius 2 is 1.77 bits per heavy atom. The molecule has 1 amide bonds. The second kappa shape index (κ2) is 11.8. The van der Waals surface area contributed by atoms with Crippen LogP contribution in [-0.2, 0) is 12.3 Å². The Morgan fingerprint density at radius 1 is 1.00 bits per heavy atom. The molecule has 8 heteroatoms. The molecule has 0 radical (unpaired) electrons. The second-order valence-electron chi connectivity index (χ2n) is 8.17. The highest BCUT2D eigenvalue weighted by molar-refractivity contribution is 7.98. The quantitative estimate of drug-likeness (QED) is 0.140. The van der Waals surface area contributed by atoms with Crippen LogP contribution in [0.25, 0.3) is 10.9 Å². The Labute approximate surface area is 218 Å². The van der Waals surface area contributed by atoms with Crippen molar-refractivity contribution in [2.45, 2.75) is 43.6 Å². The molecule has 1 aromatic heterocycles. The van der Waals surface area contributed by atoms with E-state index in [1.165, 1.54) is 11.8 Å². The van der Waals surface area contributed by atoms with Crippen molar-refractivity contribution in [2.24, 2.45) is 0 Å². The van der Waals surface area contributed by atoms with E-state index in [0.717, 1.165) is 24.8 Å². The molecule has 0 spiro atoms. The molecule has 0 aliphatic heterocycles. The molecule has 4 aromatic rings. The molecule has 5 nitrogen and oxygen atoms in total. The molecule has 4 rings (SSSR count). The molecule has 180 valence electrons. The van der Waals surface area contributed by atoms with E-state index in [2.05, 4.69) is 12.2 Å². The summed E-state index contributed by atoms with van der Waals surface area (Å²) in [5, 5.41) is 5.17. The fourth-order valence-corrected chi connectivity index (χ4v) is 5.08. The van der Waals surface area contributed by atoms with E-state index >= 15 is 0 Å². The van der Waals surface area contributed by atoms with E-state index in [-0.39, 0.29) is 11.5 Å². The average Bonchev–Trinajstić information content (AvgIpc) is 2.84. The van der Waals surface area contributed by atoms with E-state index in [1.54, 1.807) is 47.0 Å². The van der Waals surface area contributed by atoms with Crippen LogP contribution in [-0.4, -0.2) is 15.5 Å². The lowest BCUT2D eigenvalue weighted by Crippen LogP contribution is -2.24. The second-order valence-corrected chi connectivity index (χ2v) is 9.99. The zero-order chi connectivity index (χ0) is 24.8. The fourth-order valence-electron chi connectivity index (χ4n) is 3.71. The van der Waals surface area contributed by atoms with Crippen molar-refractivity contribution in [3.05, 3.63) is 98.3 Å². The number of carbonyl (C=O) groups is 1. The third-order valence-electron chi connectivity index (χ3n) is 5.51. The summed E-state index contributed by atoms with van der Waals surface area (Å²) in [5.74, 6) is 0.331. The summed E-state index contributed by atoms with van der Waals surface area (Å²) in [5.41, 5.74) is 2.46. The maximum absolute atomic E-state index is 13.4. The van der Waals surface area contributed by atoms with Gasteiger partial charge in [-0.25, -0.2) is 4.98 Å². The molecule has 0 atom stereocenters. The Hall–Kier alpha value is -2.80. The normalized spacial score (nSPS) is 11.1. The lowest BCUT2D eigenvalue weighted by Gasteiger charge is -2.14. The molecule has 0 saturated heterocycles. The van der Waals surface area contributed by atoms with E-state index in [1.807, 2.05) is 24.3 Å². The third kappa shape index (κ3) is 6.45. The number of anilines is 1. The molecule has 1 N–H and O–H groups in total. The van der Waals surface area contributed by atoms with Crippen LogP contribution in [0.1, 0.15) is 42.1 Å². The zero-order valence-corrected chi connectivity index (χ0v) is 21.6. The van der Waals surface area contributed by atoms with Gasteiger partial charge in [-0.15, -0.1) is 0 Å². The first kappa shape index (κ1) is 25.3. The zero-order valence-electron chi connectivity index (χ0n) is 19.3. The van der Waals surface area contributed by atoms with Crippen molar-refractivity contribution in [2.75, 3.05) is 5.32 Å². The highest BCUT2D eigenvalue weighted by Gasteiger charge is 2.15. The van der Waals surface area contributed by atoms with Crippen molar-refractivity contribution in [3.63, 3.8) is 0 Å². The lowest BCUT2D eigenvalue weighted by atomic mass is 10.1. The van der Waals surface area contributed by atoms with Gasteiger partial charge in [0.1, 0.15) is 0 Å². The summed E-state index contributed by atoms with van der Waals surface area (Å²) < 4.78 is 1.75. The van der Waals surface area contributed by atoms with Gasteiger partial charge in [0, 0.05) is 33.6 Å². The van der Waals surface area contributed by atoms with Crippen molar-refractivity contribution in [1.29, 1.82) is 0 Å². The van der Waals surface area contributed by atoms with Crippen molar-refractivity contribution in [3.8, 4) is 0 Å². The number of hydrogen-bond donors (Lipinski definition) is 1. The number of halogens is 2. The van der Waals surface area contributed by atoms with Gasteiger partial charge >= 0.3 is 0 Å². The summed E-state index contributed by atoms with van der Waals surface area (Å²) in [6, 6.07) is 19.6. The topological polar surface area (TPSA) is 64.0 Å². The van der Waals surface area contributed by atoms with Crippen LogP contribution in [0.4, 0.5) is 5.69 Å². The third-order valence-corrected chi connectivity index (χ3v) is 7.02. The van der Waals surface area contributed by atoms with Gasteiger partial charge in [-0.05, 0) is 60.5 Å². The summed E-state index contributed by atoms with van der Waals surface area (Å²) in [7, 11) is 0. The first-order valence-corrected chi connectivity index (χ1v) is 13.2. The molecule has 35 heavy (non-hydrogen) atoms. The summed E-state index contributed by atoms with van der Waals surface area (Å²) in [6.07, 6.45) is 2.99. The van der Waals surface area contributed by atoms with Crippen molar-refractivity contribution in [1.82, 2.24) is 9.55 Å². The van der Waals surface area contributed by atoms with Gasteiger partial charge in [-0.1, -0.05) is 72.9 Å². The van der Waals surface area contributed by atoms with Gasteiger partial charge in [0.05, 0.1) is 10.9 Å². The maximum Gasteiger partial charge on any atom is 0.262 e. The number of benzene rings is 3. The predicted molar refractivity (Wildman–Crippen MR) is 146 cm³/mol. The van der Waals surface area contributed by atoms with Gasteiger partial charge in [-0.3, -0.25) is 14.2 Å². The number of thioether (sulfide) groups is 1. The Kier molecular flexibility index (Phi) is 8.50. The number of nitrogens with one attached hydrogen (secondary N) is 1. The van der Waals surface area contributed by atoms with Crippen LogP contribution >= 0.6 is 35.0 Å². The Morgan fingerprint density at radius 3 is 2.51 bits per heavy atom. The van der Waals surface area contributed by atoms with Gasteiger partial charge in [-0.2, -0.15) is 0 Å². The van der Waals surface area contributed by atoms with E-state index in [9.17, 15) is 9.59 Å². The minimum absolute atomic E-state index is 0.0958. The molecule has 1 heterocycles. The number of rotatable bonds is 9. The van der Waals surface area contributed by atoms with E-state index in [4.69, 9.17) is 28.2 Å². The molecule has 0 aliphatic carbocycles. The SMILES string of the molecule is CCCCCn1c(SCc2cccc(Cl)c2)nc2cc(C(=O)Nc3cccc(Cl)c3)ccc2c1=O. The molecule has 0 unspecified atom stereocenters. The fraction of sp³-hybridized carbons (Fsp3) is 0.222. The Bertz CT molecular complexity index is 1420. The van der Waals surface area contributed by atoms with E-state index in [0.29, 0.717) is 49.7 Å². The standard InChI is InChI=1S/C27H25Cl2N3O2S/c1-2-3-4-13-32-26(34)23-12-11-19(25(33)30-22-10-6-9-21(29)16-22)15-24(23)31-27(32)35-17-18-7-5-8-20(28)14-18/h5-12,14-16H,2-4,13,17H2,1H3,(H,30,33). The average molecular weight is 526 g/mol. The largest absolute Gasteiger partial charge is 0.322 e. The Balaban J connectivity index is 1.67. The highest BCUT2D eigenvalue weighted by Crippen LogP contribution is 2.25. The molecular weight excluding hydrogens is 501 g/mol. The number of unbranched alkanes of at least 4 members (excludes halogenated alkanes) is 2. The summed E-state index contributed by atoms with van der Waals surface area (Å²) in [4.78, 5) is 31.0. The lowest BCUT2D eigenvalue weighted by molar-refractivity contribution is 0.102. The number of aromatic nitrogens is 2. The van der Waals surface area contributed by atoms with Crippen molar-refractivity contribution < 1.29 is 4.79 Å².